The molecule has 0 saturated carbocycles. The Morgan fingerprint density at radius 1 is 1.53 bits per heavy atom. The number of thioether (sulfide) groups is 1. The van der Waals surface area contributed by atoms with Gasteiger partial charge in [0.25, 0.3) is 0 Å². The summed E-state index contributed by atoms with van der Waals surface area (Å²) in [7, 11) is 1.66. The van der Waals surface area contributed by atoms with Gasteiger partial charge in [-0.05, 0) is 30.9 Å². The number of hydrogen-bond donors (Lipinski definition) is 1. The van der Waals surface area contributed by atoms with E-state index in [0.29, 0.717) is 5.02 Å². The minimum Gasteiger partial charge on any atom is -0.496 e. The molecule has 0 amide bonds. The molecule has 1 aromatic rings. The molecule has 15 heavy (non-hydrogen) atoms. The van der Waals surface area contributed by atoms with Crippen molar-refractivity contribution in [3.63, 3.8) is 0 Å². The zero-order valence-corrected chi connectivity index (χ0v) is 10.8. The van der Waals surface area contributed by atoms with E-state index in [9.17, 15) is 0 Å². The molecule has 0 aliphatic carbocycles. The number of methoxy groups -OCH3 is 1. The quantitative estimate of drug-likeness (QED) is 0.886. The Labute approximate surface area is 100 Å². The summed E-state index contributed by atoms with van der Waals surface area (Å²) in [5.74, 6) is 1.71. The number of ether oxygens (including phenoxy) is 1. The summed E-state index contributed by atoms with van der Waals surface area (Å²) in [5.41, 5.74) is 8.07. The first kappa shape index (κ1) is 12.7. The fraction of sp³-hybridized carbons (Fsp3) is 0.455. The molecule has 1 rings (SSSR count). The lowest BCUT2D eigenvalue weighted by Crippen LogP contribution is -2.14. The zero-order valence-electron chi connectivity index (χ0n) is 9.21. The fourth-order valence-corrected chi connectivity index (χ4v) is 2.40. The van der Waals surface area contributed by atoms with Crippen LogP contribution in [0.2, 0.25) is 5.02 Å². The first-order valence-corrected chi connectivity index (χ1v) is 6.46. The maximum absolute atomic E-state index is 6.06. The summed E-state index contributed by atoms with van der Waals surface area (Å²) >= 11 is 7.72. The van der Waals surface area contributed by atoms with Gasteiger partial charge in [-0.2, -0.15) is 11.8 Å². The van der Waals surface area contributed by atoms with Crippen molar-refractivity contribution < 1.29 is 4.74 Å². The number of aryl methyl sites for hydroxylation is 1. The summed E-state index contributed by atoms with van der Waals surface area (Å²) in [6.07, 6.45) is 2.03. The minimum atomic E-state index is -0.0349. The van der Waals surface area contributed by atoms with Gasteiger partial charge in [0.2, 0.25) is 0 Å². The predicted molar refractivity (Wildman–Crippen MR) is 68.1 cm³/mol. The average molecular weight is 246 g/mol. The van der Waals surface area contributed by atoms with Gasteiger partial charge in [-0.25, -0.2) is 0 Å². The second-order valence-electron chi connectivity index (χ2n) is 3.41. The summed E-state index contributed by atoms with van der Waals surface area (Å²) in [4.78, 5) is 0. The third kappa shape index (κ3) is 3.03. The van der Waals surface area contributed by atoms with Crippen LogP contribution in [-0.4, -0.2) is 19.1 Å². The molecule has 0 radical (unpaired) electrons. The lowest BCUT2D eigenvalue weighted by Gasteiger charge is -2.17. The molecule has 0 aromatic heterocycles. The SMILES string of the molecule is COc1c(C)cc(Cl)cc1C(N)CSC. The van der Waals surface area contributed by atoms with Crippen LogP contribution < -0.4 is 10.5 Å². The zero-order chi connectivity index (χ0) is 11.4. The van der Waals surface area contributed by atoms with E-state index in [1.54, 1.807) is 18.9 Å². The van der Waals surface area contributed by atoms with Gasteiger partial charge in [0, 0.05) is 22.4 Å². The number of hydrogen-bond acceptors (Lipinski definition) is 3. The first-order valence-electron chi connectivity index (χ1n) is 4.68. The molecule has 0 saturated heterocycles. The van der Waals surface area contributed by atoms with Crippen LogP contribution in [0.3, 0.4) is 0 Å². The third-order valence-corrected chi connectivity index (χ3v) is 3.13. The molecular weight excluding hydrogens is 230 g/mol. The summed E-state index contributed by atoms with van der Waals surface area (Å²) in [6, 6.07) is 3.73. The van der Waals surface area contributed by atoms with E-state index in [1.165, 1.54) is 0 Å². The molecule has 0 heterocycles. The van der Waals surface area contributed by atoms with E-state index in [-0.39, 0.29) is 6.04 Å². The maximum Gasteiger partial charge on any atom is 0.126 e. The number of benzene rings is 1. The predicted octanol–water partition coefficient (Wildman–Crippen LogP) is 3.02. The van der Waals surface area contributed by atoms with Crippen molar-refractivity contribution >= 4 is 23.4 Å². The molecule has 0 aliphatic rings. The van der Waals surface area contributed by atoms with E-state index in [1.807, 2.05) is 25.3 Å². The maximum atomic E-state index is 6.06. The molecule has 0 bridgehead atoms. The van der Waals surface area contributed by atoms with Crippen molar-refractivity contribution in [2.24, 2.45) is 5.73 Å². The Bertz CT molecular complexity index is 344. The summed E-state index contributed by atoms with van der Waals surface area (Å²) < 4.78 is 5.35. The topological polar surface area (TPSA) is 35.2 Å². The van der Waals surface area contributed by atoms with Crippen molar-refractivity contribution in [2.75, 3.05) is 19.1 Å². The number of nitrogens with two attached hydrogens (primary N) is 1. The Morgan fingerprint density at radius 3 is 2.73 bits per heavy atom. The van der Waals surface area contributed by atoms with Crippen molar-refractivity contribution in [3.05, 3.63) is 28.3 Å². The average Bonchev–Trinajstić information content (AvgIpc) is 2.17. The fourth-order valence-electron chi connectivity index (χ4n) is 1.58. The third-order valence-electron chi connectivity index (χ3n) is 2.22. The van der Waals surface area contributed by atoms with E-state index < -0.39 is 0 Å². The highest BCUT2D eigenvalue weighted by Gasteiger charge is 2.14. The molecule has 0 fully saturated rings. The first-order chi connectivity index (χ1) is 7.10. The van der Waals surface area contributed by atoms with Gasteiger partial charge >= 0.3 is 0 Å². The van der Waals surface area contributed by atoms with E-state index in [0.717, 1.165) is 22.6 Å². The van der Waals surface area contributed by atoms with Crippen LogP contribution in [0, 0.1) is 6.92 Å². The van der Waals surface area contributed by atoms with Gasteiger partial charge in [0.05, 0.1) is 7.11 Å². The van der Waals surface area contributed by atoms with Crippen LogP contribution in [0.1, 0.15) is 17.2 Å². The van der Waals surface area contributed by atoms with E-state index in [4.69, 9.17) is 22.1 Å². The van der Waals surface area contributed by atoms with Crippen LogP contribution in [-0.2, 0) is 0 Å². The monoisotopic (exact) mass is 245 g/mol. The normalized spacial score (nSPS) is 12.6. The van der Waals surface area contributed by atoms with Crippen molar-refractivity contribution in [3.8, 4) is 5.75 Å². The Morgan fingerprint density at radius 2 is 2.20 bits per heavy atom. The highest BCUT2D eigenvalue weighted by atomic mass is 35.5. The van der Waals surface area contributed by atoms with Gasteiger partial charge in [-0.15, -0.1) is 0 Å². The van der Waals surface area contributed by atoms with Gasteiger partial charge in [0.1, 0.15) is 5.75 Å². The smallest absolute Gasteiger partial charge is 0.126 e. The van der Waals surface area contributed by atoms with Crippen LogP contribution in [0.5, 0.6) is 5.75 Å². The van der Waals surface area contributed by atoms with Crippen molar-refractivity contribution in [1.82, 2.24) is 0 Å². The van der Waals surface area contributed by atoms with E-state index in [2.05, 4.69) is 0 Å². The molecular formula is C11H16ClNOS. The van der Waals surface area contributed by atoms with E-state index >= 15 is 0 Å². The lowest BCUT2D eigenvalue weighted by molar-refractivity contribution is 0.404. The van der Waals surface area contributed by atoms with Crippen molar-refractivity contribution in [2.45, 2.75) is 13.0 Å². The molecule has 84 valence electrons. The number of halogens is 1. The summed E-state index contributed by atoms with van der Waals surface area (Å²) in [6.45, 7) is 1.97. The van der Waals surface area contributed by atoms with Crippen LogP contribution >= 0.6 is 23.4 Å². The van der Waals surface area contributed by atoms with Crippen molar-refractivity contribution in [1.29, 1.82) is 0 Å². The van der Waals surface area contributed by atoms with Crippen LogP contribution in [0.15, 0.2) is 12.1 Å². The van der Waals surface area contributed by atoms with Gasteiger partial charge in [-0.1, -0.05) is 11.6 Å². The minimum absolute atomic E-state index is 0.0349. The second-order valence-corrected chi connectivity index (χ2v) is 4.75. The van der Waals surface area contributed by atoms with Crippen LogP contribution in [0.25, 0.3) is 0 Å². The molecule has 0 aliphatic heterocycles. The second kappa shape index (κ2) is 5.64. The van der Waals surface area contributed by atoms with Gasteiger partial charge in [0.15, 0.2) is 0 Å². The highest BCUT2D eigenvalue weighted by Crippen LogP contribution is 2.32. The molecule has 1 aromatic carbocycles. The Kier molecular flexibility index (Phi) is 4.77. The molecule has 2 N–H and O–H groups in total. The number of rotatable bonds is 4. The molecule has 2 nitrogen and oxygen atoms in total. The largest absolute Gasteiger partial charge is 0.496 e. The van der Waals surface area contributed by atoms with Gasteiger partial charge < -0.3 is 10.5 Å². The molecule has 0 spiro atoms. The molecule has 1 unspecified atom stereocenters. The summed E-state index contributed by atoms with van der Waals surface area (Å²) in [5, 5.41) is 0.708. The standard InChI is InChI=1S/C11H16ClNOS/c1-7-4-8(12)5-9(11(7)14-2)10(13)6-15-3/h4-5,10H,6,13H2,1-3H3. The Hall–Kier alpha value is -0.380. The lowest BCUT2D eigenvalue weighted by atomic mass is 10.0. The van der Waals surface area contributed by atoms with Crippen LogP contribution in [0.4, 0.5) is 0 Å². The molecule has 4 heteroatoms. The van der Waals surface area contributed by atoms with Gasteiger partial charge in [-0.3, -0.25) is 0 Å². The molecule has 1 atom stereocenters. The Balaban J connectivity index is 3.13. The highest BCUT2D eigenvalue weighted by molar-refractivity contribution is 7.98.